The van der Waals surface area contributed by atoms with Gasteiger partial charge in [-0.25, -0.2) is 4.98 Å². The molecule has 3 nitrogen and oxygen atoms in total. The third-order valence-corrected chi connectivity index (χ3v) is 5.72. The summed E-state index contributed by atoms with van der Waals surface area (Å²) in [6, 6.07) is 11.3. The predicted octanol–water partition coefficient (Wildman–Crippen LogP) is 3.76. The number of hydrogen-bond acceptors (Lipinski definition) is 4. The van der Waals surface area contributed by atoms with Gasteiger partial charge in [0.1, 0.15) is 5.01 Å². The van der Waals surface area contributed by atoms with E-state index in [0.29, 0.717) is 12.1 Å². The molecule has 1 saturated heterocycles. The Morgan fingerprint density at radius 2 is 2.04 bits per heavy atom. The molecule has 0 unspecified atom stereocenters. The molecule has 1 aliphatic heterocycles. The van der Waals surface area contributed by atoms with Gasteiger partial charge in [0.2, 0.25) is 0 Å². The van der Waals surface area contributed by atoms with E-state index in [1.807, 2.05) is 6.20 Å². The predicted molar refractivity (Wildman–Crippen MR) is 93.5 cm³/mol. The zero-order valence-corrected chi connectivity index (χ0v) is 14.3. The molecule has 0 bridgehead atoms. The van der Waals surface area contributed by atoms with Gasteiger partial charge < -0.3 is 4.74 Å². The number of rotatable bonds is 7. The van der Waals surface area contributed by atoms with Crippen LogP contribution in [0, 0.1) is 5.92 Å². The van der Waals surface area contributed by atoms with Crippen LogP contribution in [-0.2, 0) is 17.7 Å². The van der Waals surface area contributed by atoms with Gasteiger partial charge in [0, 0.05) is 30.8 Å². The summed E-state index contributed by atoms with van der Waals surface area (Å²) in [7, 11) is 0. The van der Waals surface area contributed by atoms with Crippen LogP contribution in [0.1, 0.15) is 29.8 Å². The van der Waals surface area contributed by atoms with Gasteiger partial charge >= 0.3 is 0 Å². The molecule has 0 radical (unpaired) electrons. The van der Waals surface area contributed by atoms with Crippen LogP contribution in [0.15, 0.2) is 41.9 Å². The van der Waals surface area contributed by atoms with Crippen molar-refractivity contribution in [1.29, 1.82) is 0 Å². The van der Waals surface area contributed by atoms with Crippen molar-refractivity contribution in [3.63, 3.8) is 0 Å². The molecule has 2 heterocycles. The Bertz CT molecular complexity index is 597. The Balaban J connectivity index is 1.45. The summed E-state index contributed by atoms with van der Waals surface area (Å²) < 4.78 is 6.30. The van der Waals surface area contributed by atoms with Gasteiger partial charge in [-0.2, -0.15) is 0 Å². The maximum Gasteiger partial charge on any atom is 0.107 e. The third kappa shape index (κ3) is 4.00. The van der Waals surface area contributed by atoms with E-state index in [1.54, 1.807) is 11.3 Å². The highest BCUT2D eigenvalue weighted by atomic mass is 32.1. The van der Waals surface area contributed by atoms with E-state index in [9.17, 15) is 0 Å². The minimum absolute atomic E-state index is 0.371. The molecule has 4 heteroatoms. The summed E-state index contributed by atoms with van der Waals surface area (Å²) in [4.78, 5) is 7.04. The van der Waals surface area contributed by atoms with Crippen molar-refractivity contribution in [2.24, 2.45) is 5.92 Å². The fourth-order valence-corrected chi connectivity index (χ4v) is 4.08. The smallest absolute Gasteiger partial charge is 0.107 e. The van der Waals surface area contributed by atoms with Crippen molar-refractivity contribution in [2.75, 3.05) is 13.2 Å². The van der Waals surface area contributed by atoms with Gasteiger partial charge in [-0.1, -0.05) is 30.3 Å². The third-order valence-electron chi connectivity index (χ3n) is 4.95. The van der Waals surface area contributed by atoms with Crippen LogP contribution in [0.3, 0.4) is 0 Å². The number of likely N-dealkylation sites (tertiary alicyclic amines) is 1. The van der Waals surface area contributed by atoms with Gasteiger partial charge in [0.25, 0.3) is 0 Å². The molecule has 0 amide bonds. The largest absolute Gasteiger partial charge is 0.376 e. The Morgan fingerprint density at radius 3 is 2.78 bits per heavy atom. The lowest BCUT2D eigenvalue weighted by atomic mass is 10.0. The monoisotopic (exact) mass is 328 g/mol. The summed E-state index contributed by atoms with van der Waals surface area (Å²) in [6.45, 7) is 3.03. The Morgan fingerprint density at radius 1 is 1.17 bits per heavy atom. The van der Waals surface area contributed by atoms with Crippen LogP contribution in [0.5, 0.6) is 0 Å². The van der Waals surface area contributed by atoms with E-state index in [-0.39, 0.29) is 0 Å². The van der Waals surface area contributed by atoms with Gasteiger partial charge in [0.05, 0.1) is 12.6 Å². The second kappa shape index (κ2) is 7.12. The Kier molecular flexibility index (Phi) is 4.74. The number of ether oxygens (including phenoxy) is 1. The number of nitrogens with zero attached hydrogens (tertiary/aromatic N) is 2. The van der Waals surface area contributed by atoms with Crippen LogP contribution in [-0.4, -0.2) is 35.2 Å². The highest BCUT2D eigenvalue weighted by Crippen LogP contribution is 2.32. The van der Waals surface area contributed by atoms with Gasteiger partial charge in [-0.05, 0) is 37.2 Å². The van der Waals surface area contributed by atoms with Crippen LogP contribution < -0.4 is 0 Å². The van der Waals surface area contributed by atoms with Crippen molar-refractivity contribution in [3.8, 4) is 0 Å². The average Bonchev–Trinajstić information content (AvgIpc) is 3.13. The van der Waals surface area contributed by atoms with Gasteiger partial charge in [0.15, 0.2) is 0 Å². The molecule has 4 rings (SSSR count). The van der Waals surface area contributed by atoms with E-state index in [1.165, 1.54) is 23.4 Å². The average molecular weight is 328 g/mol. The molecule has 1 aromatic heterocycles. The van der Waals surface area contributed by atoms with Crippen molar-refractivity contribution in [3.05, 3.63) is 52.5 Å². The molecule has 23 heavy (non-hydrogen) atoms. The van der Waals surface area contributed by atoms with E-state index in [4.69, 9.17) is 4.74 Å². The molecule has 2 atom stereocenters. The van der Waals surface area contributed by atoms with Crippen molar-refractivity contribution < 1.29 is 4.74 Å². The first kappa shape index (κ1) is 15.3. The van der Waals surface area contributed by atoms with Crippen molar-refractivity contribution >= 4 is 11.3 Å². The molecule has 2 aliphatic rings. The van der Waals surface area contributed by atoms with Crippen LogP contribution in [0.25, 0.3) is 0 Å². The normalized spacial score (nSPS) is 25.0. The molecule has 122 valence electrons. The standard InChI is InChI=1S/C19H24N2OS/c1-2-4-15(5-3-1)12-17-18(22-14-16-6-7-16)8-10-21(17)13-19-20-9-11-23-19/h1-5,9,11,16-18H,6-8,10,12-14H2/t17-,18+/m0/s1. The summed E-state index contributed by atoms with van der Waals surface area (Å²) in [6.07, 6.45) is 7.22. The molecule has 2 fully saturated rings. The first-order chi connectivity index (χ1) is 11.4. The lowest BCUT2D eigenvalue weighted by molar-refractivity contribution is 0.0196. The zero-order valence-electron chi connectivity index (χ0n) is 13.4. The van der Waals surface area contributed by atoms with Gasteiger partial charge in [-0.3, -0.25) is 4.90 Å². The van der Waals surface area contributed by atoms with Crippen LogP contribution in [0.2, 0.25) is 0 Å². The summed E-state index contributed by atoms with van der Waals surface area (Å²) in [5.41, 5.74) is 1.41. The number of thiazole rings is 1. The summed E-state index contributed by atoms with van der Waals surface area (Å²) in [5.74, 6) is 0.834. The topological polar surface area (TPSA) is 25.4 Å². The molecule has 1 aliphatic carbocycles. The van der Waals surface area contributed by atoms with Gasteiger partial charge in [-0.15, -0.1) is 11.3 Å². The first-order valence-electron chi connectivity index (χ1n) is 8.66. The van der Waals surface area contributed by atoms with E-state index >= 15 is 0 Å². The fourth-order valence-electron chi connectivity index (χ4n) is 3.44. The lowest BCUT2D eigenvalue weighted by Crippen LogP contribution is -2.38. The Hall–Kier alpha value is -1.23. The molecule has 1 aromatic carbocycles. The van der Waals surface area contributed by atoms with E-state index in [0.717, 1.165) is 38.5 Å². The zero-order chi connectivity index (χ0) is 15.5. The first-order valence-corrected chi connectivity index (χ1v) is 9.54. The number of benzene rings is 1. The highest BCUT2D eigenvalue weighted by molar-refractivity contribution is 7.09. The maximum atomic E-state index is 6.30. The second-order valence-corrected chi connectivity index (χ2v) is 7.74. The molecule has 0 spiro atoms. The molecular weight excluding hydrogens is 304 g/mol. The number of hydrogen-bond donors (Lipinski definition) is 0. The van der Waals surface area contributed by atoms with Crippen molar-refractivity contribution in [1.82, 2.24) is 9.88 Å². The maximum absolute atomic E-state index is 6.30. The fraction of sp³-hybridized carbons (Fsp3) is 0.526. The summed E-state index contributed by atoms with van der Waals surface area (Å²) >= 11 is 1.75. The molecule has 1 saturated carbocycles. The molecule has 2 aromatic rings. The SMILES string of the molecule is c1ccc(C[C@H]2[C@H](OCC3CC3)CCN2Cc2nccs2)cc1. The van der Waals surface area contributed by atoms with E-state index < -0.39 is 0 Å². The minimum Gasteiger partial charge on any atom is -0.376 e. The van der Waals surface area contributed by atoms with E-state index in [2.05, 4.69) is 45.6 Å². The number of aromatic nitrogens is 1. The Labute approximate surface area is 142 Å². The molecule has 0 N–H and O–H groups in total. The van der Waals surface area contributed by atoms with Crippen molar-refractivity contribution in [2.45, 2.75) is 44.4 Å². The molecular formula is C19H24N2OS. The lowest BCUT2D eigenvalue weighted by Gasteiger charge is -2.28. The quantitative estimate of drug-likeness (QED) is 0.774. The van der Waals surface area contributed by atoms with Crippen LogP contribution in [0.4, 0.5) is 0 Å². The second-order valence-electron chi connectivity index (χ2n) is 6.76. The highest BCUT2D eigenvalue weighted by Gasteiger charge is 2.36. The summed E-state index contributed by atoms with van der Waals surface area (Å²) in [5, 5.41) is 3.28. The minimum atomic E-state index is 0.371. The van der Waals surface area contributed by atoms with Crippen LogP contribution >= 0.6 is 11.3 Å².